The van der Waals surface area contributed by atoms with Gasteiger partial charge in [-0.05, 0) is 12.1 Å². The maximum absolute atomic E-state index is 12.0. The zero-order valence-electron chi connectivity index (χ0n) is 13.5. The molecule has 1 aliphatic heterocycles. The number of hydrogen-bond donors (Lipinski definition) is 2. The molecule has 2 heterocycles. The van der Waals surface area contributed by atoms with Crippen LogP contribution in [0.4, 0.5) is 0 Å². The zero-order valence-corrected chi connectivity index (χ0v) is 15.1. The molecule has 0 bridgehead atoms. The third-order valence-electron chi connectivity index (χ3n) is 4.38. The Morgan fingerprint density at radius 2 is 1.96 bits per heavy atom. The zero-order chi connectivity index (χ0) is 18.0. The molecule has 1 aromatic heterocycles. The molecule has 1 aliphatic rings. The maximum atomic E-state index is 12.0. The summed E-state index contributed by atoms with van der Waals surface area (Å²) in [6.07, 6.45) is 1.75. The third kappa shape index (κ3) is 3.86. The van der Waals surface area contributed by atoms with Gasteiger partial charge >= 0.3 is 11.9 Å². The summed E-state index contributed by atoms with van der Waals surface area (Å²) in [5, 5.41) is 19.6. The van der Waals surface area contributed by atoms with E-state index in [1.807, 2.05) is 27.7 Å². The molecule has 8 heteroatoms. The summed E-state index contributed by atoms with van der Waals surface area (Å²) in [6.45, 7) is 2.41. The number of rotatable bonds is 6. The quantitative estimate of drug-likeness (QED) is 0.758. The number of carbonyl (C=O) groups is 2. The number of halogens is 1. The molecule has 134 valence electrons. The fourth-order valence-corrected chi connectivity index (χ4v) is 3.58. The summed E-state index contributed by atoms with van der Waals surface area (Å²) >= 11 is 3.43. The van der Waals surface area contributed by atoms with Gasteiger partial charge < -0.3 is 19.5 Å². The molecule has 0 radical (unpaired) electrons. The minimum absolute atomic E-state index is 0.0228. The van der Waals surface area contributed by atoms with Crippen LogP contribution in [0.3, 0.4) is 0 Å². The molecule has 7 nitrogen and oxygen atoms in total. The lowest BCUT2D eigenvalue weighted by Crippen LogP contribution is -2.42. The summed E-state index contributed by atoms with van der Waals surface area (Å²) in [7, 11) is 0. The van der Waals surface area contributed by atoms with Crippen molar-refractivity contribution in [3.05, 3.63) is 34.4 Å². The van der Waals surface area contributed by atoms with Gasteiger partial charge in [-0.25, -0.2) is 0 Å². The lowest BCUT2D eigenvalue weighted by Gasteiger charge is -2.31. The summed E-state index contributed by atoms with van der Waals surface area (Å²) in [5.41, 5.74) is 1.51. The number of carboxylic acid groups (broad SMARTS) is 2. The number of aromatic nitrogens is 1. The van der Waals surface area contributed by atoms with E-state index < -0.39 is 18.0 Å². The molecule has 2 N–H and O–H groups in total. The first-order chi connectivity index (χ1) is 12.0. The summed E-state index contributed by atoms with van der Waals surface area (Å²) < 4.78 is 8.01. The van der Waals surface area contributed by atoms with Gasteiger partial charge in [0.2, 0.25) is 0 Å². The Labute approximate surface area is 152 Å². The number of aryl methyl sites for hydroxylation is 1. The maximum Gasteiger partial charge on any atom is 0.325 e. The highest BCUT2D eigenvalue weighted by Gasteiger charge is 2.31. The molecule has 0 amide bonds. The summed E-state index contributed by atoms with van der Waals surface area (Å²) in [4.78, 5) is 24.8. The van der Waals surface area contributed by atoms with Gasteiger partial charge in [-0.3, -0.25) is 14.5 Å². The Hall–Kier alpha value is -1.90. The molecule has 2 aromatic rings. The van der Waals surface area contributed by atoms with Crippen LogP contribution < -0.4 is 0 Å². The van der Waals surface area contributed by atoms with E-state index in [0.29, 0.717) is 31.9 Å². The molecule has 0 aliphatic carbocycles. The minimum Gasteiger partial charge on any atom is -0.481 e. The van der Waals surface area contributed by atoms with Crippen molar-refractivity contribution in [1.29, 1.82) is 0 Å². The van der Waals surface area contributed by atoms with Crippen LogP contribution in [0.2, 0.25) is 0 Å². The normalized spacial score (nSPS) is 16.8. The van der Waals surface area contributed by atoms with Crippen molar-refractivity contribution in [2.24, 2.45) is 0 Å². The molecule has 1 aromatic carbocycles. The molecule has 1 saturated heterocycles. The van der Waals surface area contributed by atoms with E-state index in [2.05, 4.69) is 15.9 Å². The fraction of sp³-hybridized carbons (Fsp3) is 0.412. The summed E-state index contributed by atoms with van der Waals surface area (Å²) in [6, 6.07) is 4.85. The predicted molar refractivity (Wildman–Crippen MR) is 94.7 cm³/mol. The third-order valence-corrected chi connectivity index (χ3v) is 4.87. The number of hydrogen-bond acceptors (Lipinski definition) is 4. The van der Waals surface area contributed by atoms with E-state index in [4.69, 9.17) is 9.84 Å². The first-order valence-corrected chi connectivity index (χ1v) is 8.81. The number of nitrogens with zero attached hydrogens (tertiary/aromatic N) is 2. The lowest BCUT2D eigenvalue weighted by atomic mass is 10.0. The van der Waals surface area contributed by atoms with Gasteiger partial charge in [0.1, 0.15) is 6.04 Å². The van der Waals surface area contributed by atoms with Crippen molar-refractivity contribution < 1.29 is 24.5 Å². The first-order valence-electron chi connectivity index (χ1n) is 8.02. The number of carboxylic acids is 2. The molecular formula is C17H19BrN2O5. The number of benzene rings is 1. The number of fused-ring (bicyclic) bond motifs is 1. The average molecular weight is 411 g/mol. The van der Waals surface area contributed by atoms with E-state index >= 15 is 0 Å². The van der Waals surface area contributed by atoms with Crippen molar-refractivity contribution >= 4 is 38.8 Å². The largest absolute Gasteiger partial charge is 0.481 e. The van der Waals surface area contributed by atoms with Crippen LogP contribution in [0.1, 0.15) is 18.0 Å². The van der Waals surface area contributed by atoms with Crippen LogP contribution in [0.5, 0.6) is 0 Å². The molecular weight excluding hydrogens is 392 g/mol. The molecule has 0 saturated carbocycles. The second-order valence-electron chi connectivity index (χ2n) is 5.97. The van der Waals surface area contributed by atoms with Gasteiger partial charge in [0.05, 0.1) is 19.6 Å². The van der Waals surface area contributed by atoms with Crippen molar-refractivity contribution in [2.75, 3.05) is 26.3 Å². The molecule has 25 heavy (non-hydrogen) atoms. The topological polar surface area (TPSA) is 92.0 Å². The number of ether oxygens (including phenoxy) is 1. The van der Waals surface area contributed by atoms with Crippen LogP contribution in [0.15, 0.2) is 28.9 Å². The number of morpholine rings is 1. The highest BCUT2D eigenvalue weighted by molar-refractivity contribution is 9.10. The SMILES string of the molecule is O=C(O)CCn1cc([C@H](C(=O)O)N2CCOCC2)c2ccc(Br)cc21. The van der Waals surface area contributed by atoms with E-state index in [0.717, 1.165) is 15.4 Å². The van der Waals surface area contributed by atoms with E-state index in [-0.39, 0.29) is 13.0 Å². The Morgan fingerprint density at radius 1 is 1.24 bits per heavy atom. The van der Waals surface area contributed by atoms with Gasteiger partial charge in [0.15, 0.2) is 0 Å². The standard InChI is InChI=1S/C17H19BrN2O5/c18-11-1-2-12-13(10-20(14(12)9-11)4-3-15(21)22)16(17(23)24)19-5-7-25-8-6-19/h1-2,9-10,16H,3-8H2,(H,21,22)(H,23,24)/t16-/m1/s1. The Kier molecular flexibility index (Phi) is 5.41. The highest BCUT2D eigenvalue weighted by atomic mass is 79.9. The van der Waals surface area contributed by atoms with Gasteiger partial charge in [0.25, 0.3) is 0 Å². The van der Waals surface area contributed by atoms with Crippen molar-refractivity contribution in [1.82, 2.24) is 9.47 Å². The van der Waals surface area contributed by atoms with Gasteiger partial charge in [-0.2, -0.15) is 0 Å². The fourth-order valence-electron chi connectivity index (χ4n) is 3.23. The Bertz CT molecular complexity index is 798. The molecule has 0 unspecified atom stereocenters. The van der Waals surface area contributed by atoms with Gasteiger partial charge in [-0.1, -0.05) is 22.0 Å². The van der Waals surface area contributed by atoms with E-state index in [1.165, 1.54) is 0 Å². The Balaban J connectivity index is 2.06. The van der Waals surface area contributed by atoms with Crippen molar-refractivity contribution in [3.63, 3.8) is 0 Å². The van der Waals surface area contributed by atoms with Crippen molar-refractivity contribution in [3.8, 4) is 0 Å². The van der Waals surface area contributed by atoms with Crippen molar-refractivity contribution in [2.45, 2.75) is 19.0 Å². The first kappa shape index (κ1) is 17.9. The monoisotopic (exact) mass is 410 g/mol. The van der Waals surface area contributed by atoms with Crippen LogP contribution in [0, 0.1) is 0 Å². The van der Waals surface area contributed by atoms with Crippen LogP contribution in [-0.2, 0) is 20.9 Å². The number of aliphatic carboxylic acids is 2. The average Bonchev–Trinajstić information content (AvgIpc) is 2.91. The van der Waals surface area contributed by atoms with Gasteiger partial charge in [0, 0.05) is 46.8 Å². The molecule has 1 atom stereocenters. The highest BCUT2D eigenvalue weighted by Crippen LogP contribution is 2.32. The molecule has 0 spiro atoms. The second-order valence-corrected chi connectivity index (χ2v) is 6.89. The predicted octanol–water partition coefficient (Wildman–Crippen LogP) is 2.34. The van der Waals surface area contributed by atoms with E-state index in [1.54, 1.807) is 6.20 Å². The second kappa shape index (κ2) is 7.55. The summed E-state index contributed by atoms with van der Waals surface area (Å²) in [5.74, 6) is -1.80. The van der Waals surface area contributed by atoms with Crippen LogP contribution in [-0.4, -0.2) is 57.9 Å². The lowest BCUT2D eigenvalue weighted by molar-refractivity contribution is -0.145. The van der Waals surface area contributed by atoms with E-state index in [9.17, 15) is 14.7 Å². The van der Waals surface area contributed by atoms with Crippen LogP contribution >= 0.6 is 15.9 Å². The smallest absolute Gasteiger partial charge is 0.325 e. The van der Waals surface area contributed by atoms with Crippen LogP contribution in [0.25, 0.3) is 10.9 Å². The Morgan fingerprint density at radius 3 is 2.60 bits per heavy atom. The minimum atomic E-state index is -0.915. The van der Waals surface area contributed by atoms with Gasteiger partial charge in [-0.15, -0.1) is 0 Å². The molecule has 3 rings (SSSR count). The molecule has 1 fully saturated rings.